The van der Waals surface area contributed by atoms with Crippen LogP contribution in [-0.2, 0) is 4.74 Å². The van der Waals surface area contributed by atoms with E-state index in [9.17, 15) is 0 Å². The Morgan fingerprint density at radius 2 is 1.89 bits per heavy atom. The molecular formula is C17H31NO. The van der Waals surface area contributed by atoms with Crippen LogP contribution in [0.4, 0.5) is 0 Å². The minimum absolute atomic E-state index is 0.497. The van der Waals surface area contributed by atoms with Crippen LogP contribution in [-0.4, -0.2) is 24.8 Å². The highest BCUT2D eigenvalue weighted by atomic mass is 16.5. The quantitative estimate of drug-likeness (QED) is 0.832. The standard InChI is InChI=1S/C17H31NO/c1-3-19-16-12-15(17(16)10-5-4-6-11-17)18-14-9-7-8-13(14)2/h13-16,18H,3-12H2,1-2H3. The van der Waals surface area contributed by atoms with E-state index in [0.717, 1.165) is 24.6 Å². The van der Waals surface area contributed by atoms with Gasteiger partial charge in [-0.25, -0.2) is 0 Å². The average molecular weight is 265 g/mol. The van der Waals surface area contributed by atoms with Crippen LogP contribution in [0.1, 0.15) is 71.6 Å². The fourth-order valence-corrected chi connectivity index (χ4v) is 4.95. The van der Waals surface area contributed by atoms with Crippen molar-refractivity contribution < 1.29 is 4.74 Å². The van der Waals surface area contributed by atoms with Gasteiger partial charge in [0, 0.05) is 24.1 Å². The summed E-state index contributed by atoms with van der Waals surface area (Å²) in [6.45, 7) is 5.46. The molecule has 3 aliphatic rings. The van der Waals surface area contributed by atoms with Crippen LogP contribution in [0.15, 0.2) is 0 Å². The second kappa shape index (κ2) is 5.73. The summed E-state index contributed by atoms with van der Waals surface area (Å²) in [5, 5.41) is 4.03. The molecule has 0 amide bonds. The molecule has 0 aromatic rings. The molecule has 0 radical (unpaired) electrons. The lowest BCUT2D eigenvalue weighted by Gasteiger charge is -2.58. The molecular weight excluding hydrogens is 234 g/mol. The highest BCUT2D eigenvalue weighted by Crippen LogP contribution is 2.53. The lowest BCUT2D eigenvalue weighted by molar-refractivity contribution is -0.152. The summed E-state index contributed by atoms with van der Waals surface area (Å²) in [4.78, 5) is 0. The number of hydrogen-bond donors (Lipinski definition) is 1. The van der Waals surface area contributed by atoms with E-state index in [-0.39, 0.29) is 0 Å². The highest BCUT2D eigenvalue weighted by molar-refractivity contribution is 5.10. The molecule has 4 unspecified atom stereocenters. The molecule has 4 atom stereocenters. The summed E-state index contributed by atoms with van der Waals surface area (Å²) in [5.41, 5.74) is 0.497. The van der Waals surface area contributed by atoms with Gasteiger partial charge in [-0.3, -0.25) is 0 Å². The van der Waals surface area contributed by atoms with E-state index in [1.54, 1.807) is 0 Å². The van der Waals surface area contributed by atoms with Crippen LogP contribution in [0.5, 0.6) is 0 Å². The maximum absolute atomic E-state index is 6.05. The SMILES string of the molecule is CCOC1CC(NC2CCCC2C)C12CCCCC2. The summed E-state index contributed by atoms with van der Waals surface area (Å²) in [5.74, 6) is 0.881. The molecule has 3 rings (SSSR count). The van der Waals surface area contributed by atoms with Gasteiger partial charge in [0.15, 0.2) is 0 Å². The first-order chi connectivity index (χ1) is 9.26. The fourth-order valence-electron chi connectivity index (χ4n) is 4.95. The molecule has 0 aromatic carbocycles. The molecule has 0 aliphatic heterocycles. The van der Waals surface area contributed by atoms with Crippen molar-refractivity contribution >= 4 is 0 Å². The lowest BCUT2D eigenvalue weighted by atomic mass is 9.55. The third kappa shape index (κ3) is 2.47. The first-order valence-corrected chi connectivity index (χ1v) is 8.64. The highest BCUT2D eigenvalue weighted by Gasteiger charge is 2.56. The summed E-state index contributed by atoms with van der Waals surface area (Å²) >= 11 is 0. The van der Waals surface area contributed by atoms with Crippen LogP contribution >= 0.6 is 0 Å². The van der Waals surface area contributed by atoms with Gasteiger partial charge in [0.25, 0.3) is 0 Å². The number of nitrogens with one attached hydrogen (secondary N) is 1. The zero-order valence-electron chi connectivity index (χ0n) is 12.8. The molecule has 3 saturated carbocycles. The molecule has 0 aromatic heterocycles. The van der Waals surface area contributed by atoms with Gasteiger partial charge in [-0.1, -0.05) is 32.6 Å². The summed E-state index contributed by atoms with van der Waals surface area (Å²) in [7, 11) is 0. The Morgan fingerprint density at radius 3 is 2.53 bits per heavy atom. The van der Waals surface area contributed by atoms with Crippen molar-refractivity contribution in [1.29, 1.82) is 0 Å². The fraction of sp³-hybridized carbons (Fsp3) is 1.00. The van der Waals surface area contributed by atoms with Gasteiger partial charge < -0.3 is 10.1 Å². The van der Waals surface area contributed by atoms with Gasteiger partial charge in [-0.05, 0) is 44.9 Å². The molecule has 0 heterocycles. The van der Waals surface area contributed by atoms with Gasteiger partial charge in [0.2, 0.25) is 0 Å². The van der Waals surface area contributed by atoms with Crippen molar-refractivity contribution in [1.82, 2.24) is 5.32 Å². The van der Waals surface area contributed by atoms with E-state index in [4.69, 9.17) is 4.74 Å². The normalized spacial score (nSPS) is 41.4. The topological polar surface area (TPSA) is 21.3 Å². The number of rotatable bonds is 4. The molecule has 110 valence electrons. The molecule has 1 spiro atoms. The zero-order valence-corrected chi connectivity index (χ0v) is 12.8. The van der Waals surface area contributed by atoms with E-state index in [2.05, 4.69) is 19.2 Å². The summed E-state index contributed by atoms with van der Waals surface area (Å²) < 4.78 is 6.05. The molecule has 3 fully saturated rings. The monoisotopic (exact) mass is 265 g/mol. The maximum atomic E-state index is 6.05. The van der Waals surface area contributed by atoms with Crippen molar-refractivity contribution in [2.24, 2.45) is 11.3 Å². The van der Waals surface area contributed by atoms with Crippen molar-refractivity contribution in [3.05, 3.63) is 0 Å². The lowest BCUT2D eigenvalue weighted by Crippen LogP contribution is -2.66. The average Bonchev–Trinajstić information content (AvgIpc) is 2.84. The van der Waals surface area contributed by atoms with Crippen LogP contribution in [0.25, 0.3) is 0 Å². The van der Waals surface area contributed by atoms with E-state index in [1.807, 2.05) is 0 Å². The third-order valence-corrected chi connectivity index (χ3v) is 6.21. The first kappa shape index (κ1) is 13.9. The Balaban J connectivity index is 1.64. The van der Waals surface area contributed by atoms with Gasteiger partial charge in [0.1, 0.15) is 0 Å². The van der Waals surface area contributed by atoms with Crippen molar-refractivity contribution in [3.8, 4) is 0 Å². The van der Waals surface area contributed by atoms with E-state index >= 15 is 0 Å². The van der Waals surface area contributed by atoms with Crippen molar-refractivity contribution in [2.75, 3.05) is 6.61 Å². The van der Waals surface area contributed by atoms with Gasteiger partial charge in [-0.15, -0.1) is 0 Å². The molecule has 3 aliphatic carbocycles. The Morgan fingerprint density at radius 1 is 1.11 bits per heavy atom. The second-order valence-electron chi connectivity index (χ2n) is 7.21. The first-order valence-electron chi connectivity index (χ1n) is 8.64. The Bertz CT molecular complexity index is 298. The minimum atomic E-state index is 0.497. The Hall–Kier alpha value is -0.0800. The molecule has 1 N–H and O–H groups in total. The minimum Gasteiger partial charge on any atom is -0.378 e. The van der Waals surface area contributed by atoms with Crippen LogP contribution < -0.4 is 5.32 Å². The molecule has 0 bridgehead atoms. The van der Waals surface area contributed by atoms with Gasteiger partial charge >= 0.3 is 0 Å². The second-order valence-corrected chi connectivity index (χ2v) is 7.21. The summed E-state index contributed by atoms with van der Waals surface area (Å²) in [6.07, 6.45) is 13.1. The summed E-state index contributed by atoms with van der Waals surface area (Å²) in [6, 6.07) is 1.53. The Labute approximate surface area is 118 Å². The number of hydrogen-bond acceptors (Lipinski definition) is 2. The maximum Gasteiger partial charge on any atom is 0.0661 e. The van der Waals surface area contributed by atoms with Gasteiger partial charge in [0.05, 0.1) is 6.10 Å². The molecule has 0 saturated heterocycles. The smallest absolute Gasteiger partial charge is 0.0661 e. The van der Waals surface area contributed by atoms with Crippen molar-refractivity contribution in [2.45, 2.75) is 89.8 Å². The Kier molecular flexibility index (Phi) is 4.19. The van der Waals surface area contributed by atoms with Crippen LogP contribution in [0, 0.1) is 11.3 Å². The van der Waals surface area contributed by atoms with Crippen LogP contribution in [0.2, 0.25) is 0 Å². The van der Waals surface area contributed by atoms with Gasteiger partial charge in [-0.2, -0.15) is 0 Å². The number of ether oxygens (including phenoxy) is 1. The zero-order chi connectivity index (χ0) is 13.3. The molecule has 2 heteroatoms. The largest absolute Gasteiger partial charge is 0.378 e. The molecule has 19 heavy (non-hydrogen) atoms. The third-order valence-electron chi connectivity index (χ3n) is 6.21. The van der Waals surface area contributed by atoms with E-state index in [1.165, 1.54) is 57.8 Å². The van der Waals surface area contributed by atoms with E-state index in [0.29, 0.717) is 11.5 Å². The van der Waals surface area contributed by atoms with Crippen molar-refractivity contribution in [3.63, 3.8) is 0 Å². The predicted molar refractivity (Wildman–Crippen MR) is 79.3 cm³/mol. The predicted octanol–water partition coefficient (Wildman–Crippen LogP) is 3.89. The van der Waals surface area contributed by atoms with Crippen LogP contribution in [0.3, 0.4) is 0 Å². The van der Waals surface area contributed by atoms with E-state index < -0.39 is 0 Å². The molecule has 2 nitrogen and oxygen atoms in total.